The molecule has 1 saturated heterocycles. The Morgan fingerprint density at radius 2 is 1.84 bits per heavy atom. The number of nitrogens with one attached hydrogen (secondary N) is 1. The molecule has 196 valence electrons. The molecule has 2 amide bonds. The van der Waals surface area contributed by atoms with Crippen molar-refractivity contribution in [3.63, 3.8) is 0 Å². The maximum absolute atomic E-state index is 13.2. The molecule has 1 aliphatic heterocycles. The Morgan fingerprint density at radius 1 is 1.05 bits per heavy atom. The average molecular weight is 588 g/mol. The molecule has 4 rings (SSSR count). The Morgan fingerprint density at radius 3 is 2.58 bits per heavy atom. The van der Waals surface area contributed by atoms with E-state index in [-0.39, 0.29) is 18.4 Å². The lowest BCUT2D eigenvalue weighted by Crippen LogP contribution is -2.27. The number of thioether (sulfide) groups is 1. The van der Waals surface area contributed by atoms with E-state index in [1.807, 2.05) is 32.9 Å². The summed E-state index contributed by atoms with van der Waals surface area (Å²) in [5.74, 6) is 0.297. The quantitative estimate of drug-likeness (QED) is 0.218. The van der Waals surface area contributed by atoms with Crippen molar-refractivity contribution in [1.82, 2.24) is 0 Å². The van der Waals surface area contributed by atoms with Gasteiger partial charge in [-0.1, -0.05) is 65.4 Å². The first-order valence-electron chi connectivity index (χ1n) is 11.7. The van der Waals surface area contributed by atoms with E-state index in [0.717, 1.165) is 16.7 Å². The van der Waals surface area contributed by atoms with E-state index in [9.17, 15) is 9.59 Å². The van der Waals surface area contributed by atoms with Crippen LogP contribution in [0.1, 0.15) is 23.6 Å². The summed E-state index contributed by atoms with van der Waals surface area (Å²) in [6.45, 7) is 5.75. The molecule has 0 unspecified atom stereocenters. The van der Waals surface area contributed by atoms with Crippen LogP contribution in [0.4, 0.5) is 11.4 Å². The fraction of sp³-hybridized carbons (Fsp3) is 0.179. The molecule has 3 aromatic rings. The number of amides is 2. The molecule has 0 atom stereocenters. The number of benzene rings is 3. The molecule has 0 aliphatic carbocycles. The Balaban J connectivity index is 1.49. The highest BCUT2D eigenvalue weighted by Crippen LogP contribution is 2.38. The van der Waals surface area contributed by atoms with Crippen molar-refractivity contribution in [1.29, 1.82) is 0 Å². The molecule has 1 aliphatic rings. The number of thiocarbonyl (C=S) groups is 1. The summed E-state index contributed by atoms with van der Waals surface area (Å²) in [7, 11) is 0. The van der Waals surface area contributed by atoms with Crippen molar-refractivity contribution in [3.8, 4) is 11.5 Å². The molecule has 38 heavy (non-hydrogen) atoms. The number of ether oxygens (including phenoxy) is 2. The highest BCUT2D eigenvalue weighted by molar-refractivity contribution is 8.27. The zero-order valence-electron chi connectivity index (χ0n) is 20.8. The van der Waals surface area contributed by atoms with Gasteiger partial charge in [-0.25, -0.2) is 0 Å². The largest absolute Gasteiger partial charge is 0.490 e. The highest BCUT2D eigenvalue weighted by Gasteiger charge is 2.33. The van der Waals surface area contributed by atoms with Crippen molar-refractivity contribution >= 4 is 80.8 Å². The normalized spacial score (nSPS) is 14.2. The standard InChI is InChI=1S/C28H24Cl2N2O4S2/c1-4-35-24-12-18(9-11-23(24)36-15-26(33)31-22-7-5-6-20(29)17(22)3)13-25-27(34)32(28(37)38-25)19-10-8-16(2)21(30)14-19/h5-14H,4,15H2,1-3H3,(H,31,33)/b25-13-. The summed E-state index contributed by atoms with van der Waals surface area (Å²) in [6.07, 6.45) is 1.75. The Kier molecular flexibility index (Phi) is 8.99. The van der Waals surface area contributed by atoms with Crippen molar-refractivity contribution in [2.24, 2.45) is 0 Å². The van der Waals surface area contributed by atoms with Gasteiger partial charge in [0.1, 0.15) is 0 Å². The third kappa shape index (κ3) is 6.32. The molecular formula is C28H24Cl2N2O4S2. The molecule has 10 heteroatoms. The molecular weight excluding hydrogens is 563 g/mol. The number of rotatable bonds is 8. The van der Waals surface area contributed by atoms with Gasteiger partial charge in [-0.2, -0.15) is 0 Å². The van der Waals surface area contributed by atoms with Gasteiger partial charge in [0, 0.05) is 15.7 Å². The number of carbonyl (C=O) groups excluding carboxylic acids is 2. The van der Waals surface area contributed by atoms with Crippen LogP contribution in [0.3, 0.4) is 0 Å². The van der Waals surface area contributed by atoms with Gasteiger partial charge >= 0.3 is 0 Å². The van der Waals surface area contributed by atoms with Gasteiger partial charge in [0.2, 0.25) is 0 Å². The number of aryl methyl sites for hydroxylation is 1. The SMILES string of the molecule is CCOc1cc(/C=C2\SC(=S)N(c3ccc(C)c(Cl)c3)C2=O)ccc1OCC(=O)Nc1cccc(Cl)c1C. The molecule has 1 heterocycles. The summed E-state index contributed by atoms with van der Waals surface area (Å²) < 4.78 is 11.9. The molecule has 6 nitrogen and oxygen atoms in total. The highest BCUT2D eigenvalue weighted by atomic mass is 35.5. The molecule has 0 aromatic heterocycles. The summed E-state index contributed by atoms with van der Waals surface area (Å²) >= 11 is 19.1. The predicted octanol–water partition coefficient (Wildman–Crippen LogP) is 7.43. The number of hydrogen-bond donors (Lipinski definition) is 1. The number of halogens is 2. The number of nitrogens with zero attached hydrogens (tertiary/aromatic N) is 1. The zero-order valence-corrected chi connectivity index (χ0v) is 24.0. The van der Waals surface area contributed by atoms with Gasteiger partial charge in [0.05, 0.1) is 17.2 Å². The molecule has 0 bridgehead atoms. The van der Waals surface area contributed by atoms with Crippen LogP contribution >= 0.6 is 47.2 Å². The topological polar surface area (TPSA) is 67.9 Å². The minimum atomic E-state index is -0.332. The molecule has 3 aromatic carbocycles. The molecule has 1 N–H and O–H groups in total. The first-order chi connectivity index (χ1) is 18.2. The van der Waals surface area contributed by atoms with Gasteiger partial charge in [-0.15, -0.1) is 0 Å². The lowest BCUT2D eigenvalue weighted by Gasteiger charge is -2.15. The predicted molar refractivity (Wildman–Crippen MR) is 160 cm³/mol. The summed E-state index contributed by atoms with van der Waals surface area (Å²) in [5, 5.41) is 3.93. The van der Waals surface area contributed by atoms with Crippen LogP contribution in [-0.4, -0.2) is 29.3 Å². The van der Waals surface area contributed by atoms with Crippen molar-refractivity contribution in [2.45, 2.75) is 20.8 Å². The summed E-state index contributed by atoms with van der Waals surface area (Å²) in [5.41, 5.74) is 3.66. The van der Waals surface area contributed by atoms with Crippen molar-refractivity contribution in [3.05, 3.63) is 86.2 Å². The van der Waals surface area contributed by atoms with Crippen molar-refractivity contribution in [2.75, 3.05) is 23.4 Å². The second kappa shape index (κ2) is 12.2. The third-order valence-corrected chi connectivity index (χ3v) is 7.79. The Hall–Kier alpha value is -3.04. The Bertz CT molecular complexity index is 1460. The number of carbonyl (C=O) groups is 2. The first kappa shape index (κ1) is 28.0. The molecule has 0 spiro atoms. The van der Waals surface area contributed by atoms with E-state index in [0.29, 0.717) is 48.8 Å². The van der Waals surface area contributed by atoms with Crippen LogP contribution in [0.5, 0.6) is 11.5 Å². The lowest BCUT2D eigenvalue weighted by atomic mass is 10.1. The molecule has 1 fully saturated rings. The van der Waals surface area contributed by atoms with E-state index >= 15 is 0 Å². The fourth-order valence-corrected chi connectivity index (χ4v) is 5.29. The van der Waals surface area contributed by atoms with E-state index in [2.05, 4.69) is 5.32 Å². The van der Waals surface area contributed by atoms with Crippen LogP contribution < -0.4 is 19.7 Å². The molecule has 0 radical (unpaired) electrons. The number of hydrogen-bond acceptors (Lipinski definition) is 6. The second-order valence-corrected chi connectivity index (χ2v) is 10.8. The Labute approximate surface area is 240 Å². The monoisotopic (exact) mass is 586 g/mol. The van der Waals surface area contributed by atoms with Gasteiger partial charge in [0.25, 0.3) is 11.8 Å². The zero-order chi connectivity index (χ0) is 27.4. The lowest BCUT2D eigenvalue weighted by molar-refractivity contribution is -0.118. The smallest absolute Gasteiger partial charge is 0.270 e. The second-order valence-electron chi connectivity index (χ2n) is 8.34. The van der Waals surface area contributed by atoms with Gasteiger partial charge in [-0.05, 0) is 79.9 Å². The van der Waals surface area contributed by atoms with E-state index < -0.39 is 0 Å². The van der Waals surface area contributed by atoms with Gasteiger partial charge in [0.15, 0.2) is 22.4 Å². The van der Waals surface area contributed by atoms with E-state index in [1.165, 1.54) is 16.7 Å². The first-order valence-corrected chi connectivity index (χ1v) is 13.6. The van der Waals surface area contributed by atoms with E-state index in [1.54, 1.807) is 48.5 Å². The van der Waals surface area contributed by atoms with Crippen LogP contribution in [0.2, 0.25) is 10.0 Å². The van der Waals surface area contributed by atoms with Crippen LogP contribution in [0.15, 0.2) is 59.5 Å². The van der Waals surface area contributed by atoms with Crippen LogP contribution in [-0.2, 0) is 9.59 Å². The minimum absolute atomic E-state index is 0.219. The van der Waals surface area contributed by atoms with Crippen LogP contribution in [0, 0.1) is 13.8 Å². The maximum atomic E-state index is 13.2. The molecule has 0 saturated carbocycles. The van der Waals surface area contributed by atoms with Crippen LogP contribution in [0.25, 0.3) is 6.08 Å². The minimum Gasteiger partial charge on any atom is -0.490 e. The van der Waals surface area contributed by atoms with Crippen molar-refractivity contribution < 1.29 is 19.1 Å². The summed E-state index contributed by atoms with van der Waals surface area (Å²) in [6, 6.07) is 15.9. The number of anilines is 2. The van der Waals surface area contributed by atoms with Gasteiger partial charge in [-0.3, -0.25) is 14.5 Å². The fourth-order valence-electron chi connectivity index (χ4n) is 3.64. The third-order valence-electron chi connectivity index (χ3n) is 5.67. The average Bonchev–Trinajstić information content (AvgIpc) is 3.16. The van der Waals surface area contributed by atoms with Gasteiger partial charge < -0.3 is 14.8 Å². The maximum Gasteiger partial charge on any atom is 0.270 e. The van der Waals surface area contributed by atoms with E-state index in [4.69, 9.17) is 44.9 Å². The summed E-state index contributed by atoms with van der Waals surface area (Å²) in [4.78, 5) is 27.6.